The van der Waals surface area contributed by atoms with Crippen molar-refractivity contribution in [2.45, 2.75) is 106 Å². The van der Waals surface area contributed by atoms with Crippen molar-refractivity contribution < 1.29 is 9.59 Å². The van der Waals surface area contributed by atoms with Gasteiger partial charge in [0.15, 0.2) is 5.66 Å². The molecule has 11 heteroatoms. The van der Waals surface area contributed by atoms with Gasteiger partial charge >= 0.3 is 0 Å². The monoisotopic (exact) mass is 687 g/mol. The van der Waals surface area contributed by atoms with Crippen molar-refractivity contribution in [3.8, 4) is 0 Å². The van der Waals surface area contributed by atoms with Gasteiger partial charge in [-0.05, 0) is 95.1 Å². The first-order valence-corrected chi connectivity index (χ1v) is 16.7. The molecule has 9 nitrogen and oxygen atoms in total. The molecule has 2 amide bonds. The smallest absolute Gasteiger partial charge is 0.270 e. The molecular weight excluding hydrogens is 633 g/mol. The summed E-state index contributed by atoms with van der Waals surface area (Å²) >= 11 is 11.1. The van der Waals surface area contributed by atoms with Crippen LogP contribution in [0.25, 0.3) is 0 Å². The summed E-state index contributed by atoms with van der Waals surface area (Å²) < 4.78 is 0. The molecule has 0 aromatic heterocycles. The molecule has 1 aliphatic heterocycles. The van der Waals surface area contributed by atoms with Crippen LogP contribution in [0.15, 0.2) is 82.0 Å². The maximum atomic E-state index is 13.5. The van der Waals surface area contributed by atoms with Gasteiger partial charge in [-0.1, -0.05) is 93.8 Å². The van der Waals surface area contributed by atoms with Crippen LogP contribution in [0.4, 0.5) is 0 Å². The zero-order chi connectivity index (χ0) is 35.9. The standard InChI is InChI=1S/C30H51N7O2.C6H4Cl2/c1-11-12-24(20(2)3)15-18-30(10)34-23(6)28(39)37(30)25(16-17-29(7,8)9)21(4)13-14-22(5)27(38)33-19-26(31)35-36-32;7-5-2-1-3-6(8)4-5/h15,18,25,36H,4-5,11-14,16-17,19,32H2,1-3,6-10H3,(H2,31,35)(H,33,38);1-4H/b18-15+;. The van der Waals surface area contributed by atoms with Gasteiger partial charge in [0.25, 0.3) is 5.91 Å². The summed E-state index contributed by atoms with van der Waals surface area (Å²) in [6.45, 7) is 25.1. The Bertz CT molecular complexity index is 1370. The molecule has 0 aliphatic carbocycles. The minimum atomic E-state index is -0.830. The number of amidine groups is 1. The lowest BCUT2D eigenvalue weighted by Crippen LogP contribution is -2.50. The summed E-state index contributed by atoms with van der Waals surface area (Å²) in [5, 5.41) is 7.65. The number of hydrogen-bond donors (Lipinski definition) is 4. The van der Waals surface area contributed by atoms with Gasteiger partial charge < -0.3 is 16.0 Å². The summed E-state index contributed by atoms with van der Waals surface area (Å²) in [6.07, 6.45) is 8.71. The van der Waals surface area contributed by atoms with Crippen LogP contribution in [0.2, 0.25) is 10.0 Å². The Morgan fingerprint density at radius 3 is 2.28 bits per heavy atom. The van der Waals surface area contributed by atoms with E-state index < -0.39 is 5.66 Å². The van der Waals surface area contributed by atoms with E-state index in [2.05, 4.69) is 76.7 Å². The van der Waals surface area contributed by atoms with Crippen molar-refractivity contribution in [3.05, 3.63) is 81.9 Å². The van der Waals surface area contributed by atoms with E-state index in [1.54, 1.807) is 25.1 Å². The highest BCUT2D eigenvalue weighted by molar-refractivity contribution is 6.39. The molecule has 2 atom stereocenters. The molecule has 0 spiro atoms. The molecule has 47 heavy (non-hydrogen) atoms. The molecule has 6 N–H and O–H groups in total. The third kappa shape index (κ3) is 14.5. The van der Waals surface area contributed by atoms with E-state index in [1.165, 1.54) is 11.1 Å². The second-order valence-electron chi connectivity index (χ2n) is 13.3. The fourth-order valence-electron chi connectivity index (χ4n) is 4.98. The van der Waals surface area contributed by atoms with Crippen molar-refractivity contribution in [2.75, 3.05) is 6.54 Å². The van der Waals surface area contributed by atoms with Gasteiger partial charge in [0.2, 0.25) is 5.91 Å². The zero-order valence-corrected chi connectivity index (χ0v) is 31.0. The largest absolute Gasteiger partial charge is 0.384 e. The number of nitrogens with zero attached hydrogens (tertiary/aromatic N) is 3. The average molecular weight is 689 g/mol. The first-order chi connectivity index (χ1) is 21.8. The molecule has 0 fully saturated rings. The normalized spacial score (nSPS) is 17.1. The molecule has 1 aromatic rings. The Morgan fingerprint density at radius 2 is 1.79 bits per heavy atom. The first-order valence-electron chi connectivity index (χ1n) is 15.9. The third-order valence-corrected chi connectivity index (χ3v) is 8.09. The van der Waals surface area contributed by atoms with E-state index in [4.69, 9.17) is 39.8 Å². The molecule has 0 saturated carbocycles. The minimum absolute atomic E-state index is 0.0481. The van der Waals surface area contributed by atoms with E-state index in [0.717, 1.165) is 31.3 Å². The van der Waals surface area contributed by atoms with Crippen LogP contribution in [0.3, 0.4) is 0 Å². The third-order valence-electron chi connectivity index (χ3n) is 7.62. The fraction of sp³-hybridized carbons (Fsp3) is 0.500. The summed E-state index contributed by atoms with van der Waals surface area (Å²) in [6, 6.07) is 6.83. The molecule has 0 saturated heterocycles. The van der Waals surface area contributed by atoms with Gasteiger partial charge in [0, 0.05) is 15.6 Å². The number of nitrogens with one attached hydrogen (secondary N) is 2. The van der Waals surface area contributed by atoms with E-state index in [1.807, 2.05) is 24.0 Å². The van der Waals surface area contributed by atoms with Crippen LogP contribution in [0, 0.1) is 5.41 Å². The maximum absolute atomic E-state index is 13.5. The van der Waals surface area contributed by atoms with Crippen LogP contribution in [0.5, 0.6) is 0 Å². The summed E-state index contributed by atoms with van der Waals surface area (Å²) in [4.78, 5) is 32.7. The number of hydrazone groups is 1. The lowest BCUT2D eigenvalue weighted by molar-refractivity contribution is -0.128. The van der Waals surface area contributed by atoms with Crippen LogP contribution in [-0.4, -0.2) is 46.5 Å². The number of benzene rings is 1. The van der Waals surface area contributed by atoms with Gasteiger partial charge in [-0.15, -0.1) is 0 Å². The number of aliphatic imine (C=N–C) groups is 1. The number of amides is 2. The minimum Gasteiger partial charge on any atom is -0.384 e. The van der Waals surface area contributed by atoms with E-state index >= 15 is 0 Å². The zero-order valence-electron chi connectivity index (χ0n) is 29.5. The average Bonchev–Trinajstić information content (AvgIpc) is 3.19. The van der Waals surface area contributed by atoms with Crippen LogP contribution in [-0.2, 0) is 9.59 Å². The molecule has 1 heterocycles. The number of hydrogen-bond acceptors (Lipinski definition) is 6. The lowest BCUT2D eigenvalue weighted by atomic mass is 9.85. The van der Waals surface area contributed by atoms with Gasteiger partial charge in [-0.3, -0.25) is 14.6 Å². The Morgan fingerprint density at radius 1 is 1.17 bits per heavy atom. The van der Waals surface area contributed by atoms with Crippen LogP contribution < -0.4 is 22.4 Å². The Labute approximate surface area is 292 Å². The van der Waals surface area contributed by atoms with E-state index in [0.29, 0.717) is 34.2 Å². The van der Waals surface area contributed by atoms with Crippen LogP contribution in [0.1, 0.15) is 93.9 Å². The molecule has 1 aromatic carbocycles. The Kier molecular flexibility index (Phi) is 17.2. The van der Waals surface area contributed by atoms with E-state index in [-0.39, 0.29) is 35.7 Å². The number of hydrazine groups is 1. The lowest BCUT2D eigenvalue weighted by Gasteiger charge is -2.40. The highest BCUT2D eigenvalue weighted by Crippen LogP contribution is 2.36. The highest BCUT2D eigenvalue weighted by Gasteiger charge is 2.45. The van der Waals surface area contributed by atoms with Gasteiger partial charge in [0.05, 0.1) is 18.3 Å². The Balaban J connectivity index is 0.00000119. The summed E-state index contributed by atoms with van der Waals surface area (Å²) in [5.41, 5.74) is 11.3. The number of carbonyl (C=O) groups excluding carboxylic acids is 2. The molecule has 2 unspecified atom stereocenters. The molecule has 2 rings (SSSR count). The van der Waals surface area contributed by atoms with Crippen molar-refractivity contribution in [2.24, 2.45) is 27.1 Å². The highest BCUT2D eigenvalue weighted by atomic mass is 35.5. The maximum Gasteiger partial charge on any atom is 0.270 e. The molecule has 260 valence electrons. The number of carbonyl (C=O) groups is 2. The number of rotatable bonds is 15. The van der Waals surface area contributed by atoms with Crippen LogP contribution >= 0.6 is 23.2 Å². The Hall–Kier alpha value is -3.40. The number of nitrogens with two attached hydrogens (primary N) is 2. The molecule has 1 aliphatic rings. The van der Waals surface area contributed by atoms with Crippen molar-refractivity contribution in [1.29, 1.82) is 0 Å². The molecular formula is C36H55Cl2N7O2. The van der Waals surface area contributed by atoms with E-state index in [9.17, 15) is 9.59 Å². The topological polar surface area (TPSA) is 138 Å². The predicted octanol–water partition coefficient (Wildman–Crippen LogP) is 7.63. The van der Waals surface area contributed by atoms with Crippen molar-refractivity contribution in [1.82, 2.24) is 15.8 Å². The molecule has 0 bridgehead atoms. The fourth-order valence-corrected chi connectivity index (χ4v) is 5.42. The van der Waals surface area contributed by atoms with Crippen molar-refractivity contribution >= 4 is 46.6 Å². The summed E-state index contributed by atoms with van der Waals surface area (Å²) in [5.74, 6) is 4.85. The van der Waals surface area contributed by atoms with Gasteiger partial charge in [0.1, 0.15) is 5.84 Å². The second kappa shape index (κ2) is 19.4. The van der Waals surface area contributed by atoms with Crippen molar-refractivity contribution in [3.63, 3.8) is 0 Å². The van der Waals surface area contributed by atoms with Gasteiger partial charge in [-0.25, -0.2) is 11.4 Å². The molecule has 0 radical (unpaired) electrons. The second-order valence-corrected chi connectivity index (χ2v) is 14.2. The predicted molar refractivity (Wildman–Crippen MR) is 199 cm³/mol. The first kappa shape index (κ1) is 41.6. The SMILES string of the molecule is C=C(CCC(=C)C(CCC(C)(C)C)N1C(=O)C(C)=NC1(C)/C=C/C(CCC)=C(C)C)C(=O)NC/C(N)=N/NN.Clc1cccc(Cl)c1. The number of halogens is 2. The summed E-state index contributed by atoms with van der Waals surface area (Å²) in [7, 11) is 0. The quantitative estimate of drug-likeness (QED) is 0.0286. The van der Waals surface area contributed by atoms with Gasteiger partial charge in [-0.2, -0.15) is 5.10 Å². The number of allylic oxidation sites excluding steroid dienone is 3.